The Bertz CT molecular complexity index is 489. The van der Waals surface area contributed by atoms with Crippen LogP contribution in [-0.4, -0.2) is 30.4 Å². The Morgan fingerprint density at radius 2 is 2.10 bits per heavy atom. The molecule has 2 atom stereocenters. The lowest BCUT2D eigenvalue weighted by Gasteiger charge is -2.37. The summed E-state index contributed by atoms with van der Waals surface area (Å²) in [6.45, 7) is 2.65. The molecule has 1 aliphatic rings. The zero-order chi connectivity index (χ0) is 14.7. The Morgan fingerprint density at radius 3 is 2.80 bits per heavy atom. The van der Waals surface area contributed by atoms with Gasteiger partial charge >= 0.3 is 0 Å². The topological polar surface area (TPSA) is 46.3 Å². The lowest BCUT2D eigenvalue weighted by molar-refractivity contribution is 0.0619. The average molecular weight is 339 g/mol. The van der Waals surface area contributed by atoms with Gasteiger partial charge in [0.15, 0.2) is 0 Å². The number of halogens is 1. The van der Waals surface area contributed by atoms with Gasteiger partial charge in [0, 0.05) is 23.1 Å². The van der Waals surface area contributed by atoms with Crippen LogP contribution >= 0.6 is 15.9 Å². The minimum atomic E-state index is 0.106. The number of rotatable bonds is 3. The highest BCUT2D eigenvalue weighted by Gasteiger charge is 2.30. The second kappa shape index (κ2) is 6.72. The lowest BCUT2D eigenvalue weighted by atomic mass is 9.83. The van der Waals surface area contributed by atoms with Crippen LogP contribution in [0.15, 0.2) is 22.7 Å². The largest absolute Gasteiger partial charge is 0.338 e. The van der Waals surface area contributed by atoms with Crippen molar-refractivity contribution in [2.75, 3.05) is 13.6 Å². The van der Waals surface area contributed by atoms with Crippen LogP contribution < -0.4 is 5.73 Å². The zero-order valence-corrected chi connectivity index (χ0v) is 13.8. The molecule has 2 rings (SSSR count). The van der Waals surface area contributed by atoms with E-state index in [-0.39, 0.29) is 11.9 Å². The van der Waals surface area contributed by atoms with E-state index in [1.54, 1.807) is 0 Å². The summed E-state index contributed by atoms with van der Waals surface area (Å²) in [7, 11) is 1.92. The van der Waals surface area contributed by atoms with E-state index in [0.29, 0.717) is 12.5 Å². The second-order valence-corrected chi connectivity index (χ2v) is 6.53. The summed E-state index contributed by atoms with van der Waals surface area (Å²) in [5.74, 6) is 0.541. The van der Waals surface area contributed by atoms with Gasteiger partial charge in [-0.25, -0.2) is 0 Å². The summed E-state index contributed by atoms with van der Waals surface area (Å²) in [5, 5.41) is 0. The maximum absolute atomic E-state index is 12.7. The first-order valence-corrected chi connectivity index (χ1v) is 8.08. The van der Waals surface area contributed by atoms with E-state index in [9.17, 15) is 4.79 Å². The fourth-order valence-corrected chi connectivity index (χ4v) is 3.52. The van der Waals surface area contributed by atoms with Crippen molar-refractivity contribution in [2.45, 2.75) is 38.6 Å². The van der Waals surface area contributed by atoms with Crippen molar-refractivity contribution in [1.29, 1.82) is 0 Å². The zero-order valence-electron chi connectivity index (χ0n) is 12.2. The smallest absolute Gasteiger partial charge is 0.254 e. The molecule has 0 bridgehead atoms. The molecule has 0 aromatic heterocycles. The maximum Gasteiger partial charge on any atom is 0.254 e. The molecule has 1 aromatic rings. The van der Waals surface area contributed by atoms with Crippen molar-refractivity contribution in [1.82, 2.24) is 4.90 Å². The molecule has 20 heavy (non-hydrogen) atoms. The van der Waals surface area contributed by atoms with Gasteiger partial charge in [0.25, 0.3) is 5.91 Å². The van der Waals surface area contributed by atoms with E-state index >= 15 is 0 Å². The number of amides is 1. The van der Waals surface area contributed by atoms with Crippen LogP contribution in [0.3, 0.4) is 0 Å². The molecule has 0 saturated heterocycles. The highest BCUT2D eigenvalue weighted by molar-refractivity contribution is 9.10. The molecule has 110 valence electrons. The Balaban J connectivity index is 2.21. The molecule has 1 aromatic carbocycles. The van der Waals surface area contributed by atoms with Crippen molar-refractivity contribution >= 4 is 21.8 Å². The summed E-state index contributed by atoms with van der Waals surface area (Å²) >= 11 is 3.49. The summed E-state index contributed by atoms with van der Waals surface area (Å²) in [5.41, 5.74) is 7.66. The van der Waals surface area contributed by atoms with E-state index in [0.717, 1.165) is 28.4 Å². The van der Waals surface area contributed by atoms with Crippen LogP contribution in [0.2, 0.25) is 0 Å². The summed E-state index contributed by atoms with van der Waals surface area (Å²) < 4.78 is 0.982. The number of carbonyl (C=O) groups excluding carboxylic acids is 1. The highest BCUT2D eigenvalue weighted by atomic mass is 79.9. The lowest BCUT2D eigenvalue weighted by Crippen LogP contribution is -2.46. The first-order chi connectivity index (χ1) is 9.56. The number of carbonyl (C=O) groups is 1. The molecular weight excluding hydrogens is 316 g/mol. The van der Waals surface area contributed by atoms with E-state index in [1.807, 2.05) is 37.1 Å². The monoisotopic (exact) mass is 338 g/mol. The first kappa shape index (κ1) is 15.5. The van der Waals surface area contributed by atoms with Crippen molar-refractivity contribution in [3.8, 4) is 0 Å². The van der Waals surface area contributed by atoms with Crippen LogP contribution in [0.1, 0.15) is 41.6 Å². The minimum absolute atomic E-state index is 0.106. The quantitative estimate of drug-likeness (QED) is 0.918. The predicted octanol–water partition coefficient (Wildman–Crippen LogP) is 3.35. The molecule has 4 heteroatoms. The maximum atomic E-state index is 12.7. The van der Waals surface area contributed by atoms with Gasteiger partial charge in [-0.1, -0.05) is 34.8 Å². The van der Waals surface area contributed by atoms with Crippen LogP contribution in [0.5, 0.6) is 0 Å². The highest BCUT2D eigenvalue weighted by Crippen LogP contribution is 2.29. The molecule has 1 saturated carbocycles. The number of benzene rings is 1. The summed E-state index contributed by atoms with van der Waals surface area (Å²) in [6, 6.07) is 6.06. The molecule has 3 nitrogen and oxygen atoms in total. The van der Waals surface area contributed by atoms with Crippen molar-refractivity contribution in [2.24, 2.45) is 11.7 Å². The third kappa shape index (κ3) is 3.07. The van der Waals surface area contributed by atoms with Crippen LogP contribution in [0.4, 0.5) is 0 Å². The number of hydrogen-bond acceptors (Lipinski definition) is 2. The van der Waals surface area contributed by atoms with E-state index in [2.05, 4.69) is 15.9 Å². The van der Waals surface area contributed by atoms with Crippen molar-refractivity contribution < 1.29 is 4.79 Å². The van der Waals surface area contributed by atoms with Crippen molar-refractivity contribution in [3.05, 3.63) is 33.8 Å². The SMILES string of the molecule is Cc1c(Br)cccc1C(=O)N(C)C1CCCCC1CN. The van der Waals surface area contributed by atoms with Gasteiger partial charge in [-0.3, -0.25) is 4.79 Å². The first-order valence-electron chi connectivity index (χ1n) is 7.28. The Kier molecular flexibility index (Phi) is 5.22. The Labute approximate surface area is 129 Å². The molecule has 2 N–H and O–H groups in total. The molecule has 0 radical (unpaired) electrons. The van der Waals surface area contributed by atoms with E-state index < -0.39 is 0 Å². The Morgan fingerprint density at radius 1 is 1.40 bits per heavy atom. The number of nitrogens with two attached hydrogens (primary N) is 1. The fraction of sp³-hybridized carbons (Fsp3) is 0.562. The Hall–Kier alpha value is -0.870. The van der Waals surface area contributed by atoms with Gasteiger partial charge < -0.3 is 10.6 Å². The van der Waals surface area contributed by atoms with Crippen LogP contribution in [0, 0.1) is 12.8 Å². The van der Waals surface area contributed by atoms with E-state index in [4.69, 9.17) is 5.73 Å². The third-order valence-electron chi connectivity index (χ3n) is 4.49. The van der Waals surface area contributed by atoms with Gasteiger partial charge in [0.05, 0.1) is 0 Å². The number of nitrogens with zero attached hydrogens (tertiary/aromatic N) is 1. The molecule has 2 unspecified atom stereocenters. The summed E-state index contributed by atoms with van der Waals surface area (Å²) in [4.78, 5) is 14.7. The van der Waals surface area contributed by atoms with Gasteiger partial charge in [0.1, 0.15) is 0 Å². The van der Waals surface area contributed by atoms with E-state index in [1.165, 1.54) is 12.8 Å². The molecule has 0 aliphatic heterocycles. The predicted molar refractivity (Wildman–Crippen MR) is 85.8 cm³/mol. The van der Waals surface area contributed by atoms with Gasteiger partial charge in [0.2, 0.25) is 0 Å². The van der Waals surface area contributed by atoms with Crippen LogP contribution in [0.25, 0.3) is 0 Å². The normalized spacial score (nSPS) is 22.6. The van der Waals surface area contributed by atoms with Gasteiger partial charge in [-0.05, 0) is 49.9 Å². The summed E-state index contributed by atoms with van der Waals surface area (Å²) in [6.07, 6.45) is 4.62. The standard InChI is InChI=1S/C16H23BrN2O/c1-11-13(7-5-8-14(11)17)16(20)19(2)15-9-4-3-6-12(15)10-18/h5,7-8,12,15H,3-4,6,9-10,18H2,1-2H3. The minimum Gasteiger partial charge on any atom is -0.338 e. The van der Waals surface area contributed by atoms with Crippen molar-refractivity contribution in [3.63, 3.8) is 0 Å². The molecule has 1 aliphatic carbocycles. The van der Waals surface area contributed by atoms with Crippen LogP contribution in [-0.2, 0) is 0 Å². The third-order valence-corrected chi connectivity index (χ3v) is 5.35. The van der Waals surface area contributed by atoms with Gasteiger partial charge in [-0.2, -0.15) is 0 Å². The second-order valence-electron chi connectivity index (χ2n) is 5.68. The van der Waals surface area contributed by atoms with Gasteiger partial charge in [-0.15, -0.1) is 0 Å². The molecular formula is C16H23BrN2O. The molecule has 0 spiro atoms. The molecule has 0 heterocycles. The fourth-order valence-electron chi connectivity index (χ4n) is 3.15. The molecule has 1 fully saturated rings. The molecule has 1 amide bonds. The number of hydrogen-bond donors (Lipinski definition) is 1. The average Bonchev–Trinajstić information content (AvgIpc) is 2.48.